The molecular weight excluding hydrogens is 264 g/mol. The van der Waals surface area contributed by atoms with Crippen LogP contribution in [0, 0.1) is 6.92 Å². The number of ether oxygens (including phenoxy) is 3. The van der Waals surface area contributed by atoms with Crippen LogP contribution in [0.1, 0.15) is 17.4 Å². The van der Waals surface area contributed by atoms with Crippen molar-refractivity contribution in [1.29, 1.82) is 0 Å². The number of esters is 1. The van der Waals surface area contributed by atoms with Crippen LogP contribution in [0.25, 0.3) is 0 Å². The second-order valence-corrected chi connectivity index (χ2v) is 4.99. The first-order valence-electron chi connectivity index (χ1n) is 6.47. The minimum Gasteiger partial charge on any atom is -0.455 e. The molecule has 1 aromatic rings. The van der Waals surface area contributed by atoms with Crippen molar-refractivity contribution in [2.75, 3.05) is 6.61 Å². The molecule has 5 atom stereocenters. The third kappa shape index (κ3) is 2.10. The summed E-state index contributed by atoms with van der Waals surface area (Å²) in [5.41, 5.74) is 1.77. The SMILES string of the molecule is Cc1ccccc1C1OC(CO)C2OC(=O)C(O)C2O1. The third-order valence-electron chi connectivity index (χ3n) is 3.70. The van der Waals surface area contributed by atoms with Crippen molar-refractivity contribution in [3.05, 3.63) is 35.4 Å². The first kappa shape index (κ1) is 13.5. The molecule has 5 unspecified atom stereocenters. The molecule has 2 saturated heterocycles. The van der Waals surface area contributed by atoms with Gasteiger partial charge in [-0.25, -0.2) is 4.79 Å². The molecule has 2 N–H and O–H groups in total. The molecule has 108 valence electrons. The fraction of sp³-hybridized carbons (Fsp3) is 0.500. The Balaban J connectivity index is 1.89. The topological polar surface area (TPSA) is 85.2 Å². The van der Waals surface area contributed by atoms with Gasteiger partial charge in [0.1, 0.15) is 12.2 Å². The average Bonchev–Trinajstić information content (AvgIpc) is 2.74. The Bertz CT molecular complexity index is 516. The van der Waals surface area contributed by atoms with Crippen molar-refractivity contribution in [3.8, 4) is 0 Å². The van der Waals surface area contributed by atoms with E-state index in [9.17, 15) is 15.0 Å². The second kappa shape index (κ2) is 5.14. The fourth-order valence-electron chi connectivity index (χ4n) is 2.58. The molecule has 0 aliphatic carbocycles. The van der Waals surface area contributed by atoms with E-state index >= 15 is 0 Å². The van der Waals surface area contributed by atoms with Crippen molar-refractivity contribution in [1.82, 2.24) is 0 Å². The molecule has 2 aliphatic rings. The van der Waals surface area contributed by atoms with Gasteiger partial charge in [-0.3, -0.25) is 0 Å². The first-order valence-corrected chi connectivity index (χ1v) is 6.47. The van der Waals surface area contributed by atoms with Gasteiger partial charge in [-0.2, -0.15) is 0 Å². The van der Waals surface area contributed by atoms with E-state index in [2.05, 4.69) is 0 Å². The molecular formula is C14H16O6. The number of carbonyl (C=O) groups excluding carboxylic acids is 1. The highest BCUT2D eigenvalue weighted by Gasteiger charge is 2.53. The zero-order chi connectivity index (χ0) is 14.3. The van der Waals surface area contributed by atoms with Crippen molar-refractivity contribution >= 4 is 5.97 Å². The zero-order valence-corrected chi connectivity index (χ0v) is 10.9. The smallest absolute Gasteiger partial charge is 0.338 e. The first-order chi connectivity index (χ1) is 9.61. The highest BCUT2D eigenvalue weighted by atomic mass is 16.7. The van der Waals surface area contributed by atoms with Gasteiger partial charge in [-0.1, -0.05) is 24.3 Å². The van der Waals surface area contributed by atoms with Gasteiger partial charge in [0.05, 0.1) is 6.61 Å². The number of fused-ring (bicyclic) bond motifs is 1. The lowest BCUT2D eigenvalue weighted by Crippen LogP contribution is -2.49. The van der Waals surface area contributed by atoms with E-state index in [0.29, 0.717) is 0 Å². The van der Waals surface area contributed by atoms with Gasteiger partial charge in [-0.15, -0.1) is 0 Å². The molecule has 3 rings (SSSR count). The minimum absolute atomic E-state index is 0.313. The van der Waals surface area contributed by atoms with Gasteiger partial charge in [0.15, 0.2) is 18.5 Å². The van der Waals surface area contributed by atoms with E-state index in [4.69, 9.17) is 14.2 Å². The maximum absolute atomic E-state index is 11.4. The molecule has 0 amide bonds. The average molecular weight is 280 g/mol. The Labute approximate surface area is 115 Å². The summed E-state index contributed by atoms with van der Waals surface area (Å²) in [5.74, 6) is -0.743. The van der Waals surface area contributed by atoms with Crippen LogP contribution in [-0.2, 0) is 19.0 Å². The van der Waals surface area contributed by atoms with Crippen molar-refractivity contribution in [3.63, 3.8) is 0 Å². The van der Waals surface area contributed by atoms with E-state index < -0.39 is 36.7 Å². The van der Waals surface area contributed by atoms with Crippen LogP contribution in [0.4, 0.5) is 0 Å². The Kier molecular flexibility index (Phi) is 3.47. The summed E-state index contributed by atoms with van der Waals surface area (Å²) in [5, 5.41) is 19.2. The molecule has 6 nitrogen and oxygen atoms in total. The van der Waals surface area contributed by atoms with E-state index in [1.54, 1.807) is 0 Å². The van der Waals surface area contributed by atoms with Gasteiger partial charge in [0, 0.05) is 5.56 Å². The minimum atomic E-state index is -1.34. The number of benzene rings is 1. The van der Waals surface area contributed by atoms with Crippen LogP contribution in [0.3, 0.4) is 0 Å². The van der Waals surface area contributed by atoms with E-state index in [0.717, 1.165) is 11.1 Å². The Hall–Kier alpha value is -1.47. The Morgan fingerprint density at radius 1 is 1.20 bits per heavy atom. The van der Waals surface area contributed by atoms with Gasteiger partial charge in [-0.05, 0) is 12.5 Å². The molecule has 20 heavy (non-hydrogen) atoms. The summed E-state index contributed by atoms with van der Waals surface area (Å²) in [7, 11) is 0. The fourth-order valence-corrected chi connectivity index (χ4v) is 2.58. The lowest BCUT2D eigenvalue weighted by Gasteiger charge is -2.37. The molecule has 0 bridgehead atoms. The summed E-state index contributed by atoms with van der Waals surface area (Å²) in [6.07, 6.45) is -4.39. The monoisotopic (exact) mass is 280 g/mol. The lowest BCUT2D eigenvalue weighted by molar-refractivity contribution is -0.288. The van der Waals surface area contributed by atoms with Gasteiger partial charge in [0.25, 0.3) is 0 Å². The number of carbonyl (C=O) groups is 1. The lowest BCUT2D eigenvalue weighted by atomic mass is 10.0. The molecule has 0 spiro atoms. The summed E-state index contributed by atoms with van der Waals surface area (Å²) in [6, 6.07) is 7.50. The van der Waals surface area contributed by atoms with Gasteiger partial charge in [0.2, 0.25) is 0 Å². The summed E-state index contributed by atoms with van der Waals surface area (Å²) >= 11 is 0. The van der Waals surface area contributed by atoms with Crippen LogP contribution >= 0.6 is 0 Å². The van der Waals surface area contributed by atoms with Gasteiger partial charge >= 0.3 is 5.97 Å². The molecule has 0 radical (unpaired) electrons. The number of aliphatic hydroxyl groups excluding tert-OH is 2. The predicted molar refractivity (Wildman–Crippen MR) is 66.6 cm³/mol. The summed E-state index contributed by atoms with van der Waals surface area (Å²) < 4.78 is 16.3. The molecule has 2 heterocycles. The summed E-state index contributed by atoms with van der Waals surface area (Å²) in [6.45, 7) is 1.60. The molecule has 0 saturated carbocycles. The predicted octanol–water partition coefficient (Wildman–Crippen LogP) is 0.0562. The number of rotatable bonds is 2. The molecule has 1 aromatic carbocycles. The zero-order valence-electron chi connectivity index (χ0n) is 10.9. The molecule has 2 fully saturated rings. The summed E-state index contributed by atoms with van der Waals surface area (Å²) in [4.78, 5) is 11.4. The van der Waals surface area contributed by atoms with Crippen molar-refractivity contribution in [2.24, 2.45) is 0 Å². The number of hydrogen-bond donors (Lipinski definition) is 2. The quantitative estimate of drug-likeness (QED) is 0.745. The number of hydrogen-bond acceptors (Lipinski definition) is 6. The van der Waals surface area contributed by atoms with E-state index in [1.165, 1.54) is 0 Å². The van der Waals surface area contributed by atoms with E-state index in [1.807, 2.05) is 31.2 Å². The molecule has 6 heteroatoms. The van der Waals surface area contributed by atoms with Crippen molar-refractivity contribution in [2.45, 2.75) is 37.6 Å². The number of aryl methyl sites for hydroxylation is 1. The van der Waals surface area contributed by atoms with Crippen LogP contribution in [-0.4, -0.2) is 47.2 Å². The second-order valence-electron chi connectivity index (χ2n) is 4.99. The van der Waals surface area contributed by atoms with Gasteiger partial charge < -0.3 is 24.4 Å². The van der Waals surface area contributed by atoms with Crippen molar-refractivity contribution < 1.29 is 29.2 Å². The maximum Gasteiger partial charge on any atom is 0.338 e. The third-order valence-corrected chi connectivity index (χ3v) is 3.70. The standard InChI is InChI=1S/C14H16O6/c1-7-4-2-3-5-8(7)14-18-9(6-15)11-12(20-14)10(16)13(17)19-11/h2-5,9-12,14-16H,6H2,1H3. The van der Waals surface area contributed by atoms with Crippen LogP contribution in [0.15, 0.2) is 24.3 Å². The largest absolute Gasteiger partial charge is 0.455 e. The Morgan fingerprint density at radius 2 is 1.95 bits per heavy atom. The number of aliphatic hydroxyl groups is 2. The van der Waals surface area contributed by atoms with Crippen LogP contribution in [0.2, 0.25) is 0 Å². The molecule has 2 aliphatic heterocycles. The Morgan fingerprint density at radius 3 is 2.65 bits per heavy atom. The maximum atomic E-state index is 11.4. The highest BCUT2D eigenvalue weighted by Crippen LogP contribution is 2.37. The normalized spacial score (nSPS) is 36.5. The van der Waals surface area contributed by atoms with Crippen LogP contribution in [0.5, 0.6) is 0 Å². The molecule has 0 aromatic heterocycles. The van der Waals surface area contributed by atoms with Crippen LogP contribution < -0.4 is 0 Å². The van der Waals surface area contributed by atoms with E-state index in [-0.39, 0.29) is 6.61 Å². The highest BCUT2D eigenvalue weighted by molar-refractivity contribution is 5.78.